The second-order valence-electron chi connectivity index (χ2n) is 3.36. The first kappa shape index (κ1) is 14.3. The summed E-state index contributed by atoms with van der Waals surface area (Å²) in [6, 6.07) is 1.98. The van der Waals surface area contributed by atoms with Crippen LogP contribution in [0.15, 0.2) is 12.1 Å². The molecule has 0 spiro atoms. The van der Waals surface area contributed by atoms with Gasteiger partial charge in [-0.25, -0.2) is 0 Å². The number of nitrogens with zero attached hydrogens (tertiary/aromatic N) is 1. The topological polar surface area (TPSA) is 49.8 Å². The summed E-state index contributed by atoms with van der Waals surface area (Å²) in [6.07, 6.45) is -10.00. The van der Waals surface area contributed by atoms with Crippen LogP contribution < -0.4 is 5.73 Å². The Morgan fingerprint density at radius 1 is 1.00 bits per heavy atom. The first-order chi connectivity index (χ1) is 8.11. The van der Waals surface area contributed by atoms with Crippen LogP contribution in [0.1, 0.15) is 22.3 Å². The fourth-order valence-electron chi connectivity index (χ4n) is 1.46. The molecule has 0 radical (unpaired) electrons. The normalized spacial score (nSPS) is 12.3. The van der Waals surface area contributed by atoms with Crippen LogP contribution in [0.5, 0.6) is 0 Å². The van der Waals surface area contributed by atoms with Gasteiger partial charge in [-0.1, -0.05) is 0 Å². The first-order valence-electron chi connectivity index (χ1n) is 4.52. The van der Waals surface area contributed by atoms with Crippen LogP contribution >= 0.6 is 0 Å². The fraction of sp³-hybridized carbons (Fsp3) is 0.300. The van der Waals surface area contributed by atoms with Gasteiger partial charge in [-0.05, 0) is 17.7 Å². The van der Waals surface area contributed by atoms with E-state index in [4.69, 9.17) is 11.0 Å². The molecule has 1 aromatic rings. The number of rotatable bonds is 1. The highest BCUT2D eigenvalue weighted by molar-refractivity contribution is 5.46. The molecule has 1 aromatic carbocycles. The Labute approximate surface area is 97.6 Å². The quantitative estimate of drug-likeness (QED) is 0.796. The molecule has 2 N–H and O–H groups in total. The molecule has 18 heavy (non-hydrogen) atoms. The van der Waals surface area contributed by atoms with Gasteiger partial charge in [0.1, 0.15) is 0 Å². The molecule has 98 valence electrons. The minimum absolute atomic E-state index is 0.359. The monoisotopic (exact) mass is 268 g/mol. The van der Waals surface area contributed by atoms with Gasteiger partial charge in [0.25, 0.3) is 0 Å². The maximum Gasteiger partial charge on any atom is 0.416 e. The van der Waals surface area contributed by atoms with E-state index < -0.39 is 41.2 Å². The van der Waals surface area contributed by atoms with E-state index in [0.29, 0.717) is 12.1 Å². The van der Waals surface area contributed by atoms with E-state index in [1.54, 1.807) is 0 Å². The zero-order valence-corrected chi connectivity index (χ0v) is 8.65. The molecule has 0 saturated carbocycles. The van der Waals surface area contributed by atoms with Crippen LogP contribution in [0.3, 0.4) is 0 Å². The van der Waals surface area contributed by atoms with Gasteiger partial charge in [0.05, 0.1) is 22.8 Å². The van der Waals surface area contributed by atoms with Crippen molar-refractivity contribution in [3.8, 4) is 6.07 Å². The first-order valence-corrected chi connectivity index (χ1v) is 4.52. The van der Waals surface area contributed by atoms with Crippen LogP contribution in [0.2, 0.25) is 0 Å². The molecule has 0 unspecified atom stereocenters. The van der Waals surface area contributed by atoms with Gasteiger partial charge in [0, 0.05) is 6.54 Å². The maximum absolute atomic E-state index is 12.6. The average Bonchev–Trinajstić information content (AvgIpc) is 2.24. The lowest BCUT2D eigenvalue weighted by atomic mass is 9.97. The van der Waals surface area contributed by atoms with Crippen molar-refractivity contribution in [2.45, 2.75) is 18.9 Å². The van der Waals surface area contributed by atoms with Gasteiger partial charge in [0.2, 0.25) is 0 Å². The van der Waals surface area contributed by atoms with E-state index in [1.807, 2.05) is 0 Å². The summed E-state index contributed by atoms with van der Waals surface area (Å²) in [7, 11) is 0. The molecule has 0 atom stereocenters. The minimum Gasteiger partial charge on any atom is -0.326 e. The van der Waals surface area contributed by atoms with Gasteiger partial charge in [0.15, 0.2) is 0 Å². The number of nitriles is 1. The predicted molar refractivity (Wildman–Crippen MR) is 49.1 cm³/mol. The zero-order valence-electron chi connectivity index (χ0n) is 8.65. The second-order valence-corrected chi connectivity index (χ2v) is 3.36. The lowest BCUT2D eigenvalue weighted by Crippen LogP contribution is -2.19. The van der Waals surface area contributed by atoms with Crippen LogP contribution in [-0.4, -0.2) is 0 Å². The van der Waals surface area contributed by atoms with Crippen LogP contribution in [0, 0.1) is 11.3 Å². The molecule has 8 heteroatoms. The number of halogens is 6. The fourth-order valence-corrected chi connectivity index (χ4v) is 1.46. The number of alkyl halides is 6. The van der Waals surface area contributed by atoms with Crippen molar-refractivity contribution in [3.63, 3.8) is 0 Å². The lowest BCUT2D eigenvalue weighted by molar-refractivity contribution is -0.144. The minimum atomic E-state index is -5.00. The molecule has 0 aliphatic carbocycles. The molecule has 0 aromatic heterocycles. The molecule has 0 aliphatic rings. The van der Waals surface area contributed by atoms with Crippen molar-refractivity contribution in [2.75, 3.05) is 0 Å². The Kier molecular flexibility index (Phi) is 3.57. The summed E-state index contributed by atoms with van der Waals surface area (Å²) >= 11 is 0. The summed E-state index contributed by atoms with van der Waals surface area (Å²) < 4.78 is 75.5. The van der Waals surface area contributed by atoms with E-state index in [9.17, 15) is 26.3 Å². The van der Waals surface area contributed by atoms with Crippen molar-refractivity contribution >= 4 is 0 Å². The van der Waals surface area contributed by atoms with Gasteiger partial charge >= 0.3 is 12.4 Å². The average molecular weight is 268 g/mol. The van der Waals surface area contributed by atoms with Crippen molar-refractivity contribution in [3.05, 3.63) is 34.4 Å². The third-order valence-corrected chi connectivity index (χ3v) is 2.19. The number of benzene rings is 1. The third-order valence-electron chi connectivity index (χ3n) is 2.19. The number of hydrogen-bond donors (Lipinski definition) is 1. The molecular weight excluding hydrogens is 262 g/mol. The highest BCUT2D eigenvalue weighted by atomic mass is 19.4. The van der Waals surface area contributed by atoms with Gasteiger partial charge < -0.3 is 5.73 Å². The van der Waals surface area contributed by atoms with Crippen molar-refractivity contribution in [1.29, 1.82) is 5.26 Å². The molecule has 0 saturated heterocycles. The van der Waals surface area contributed by atoms with Crippen LogP contribution in [0.25, 0.3) is 0 Å². The summed E-state index contributed by atoms with van der Waals surface area (Å²) in [5.41, 5.74) is 0.114. The van der Waals surface area contributed by atoms with Gasteiger partial charge in [-0.15, -0.1) is 0 Å². The Balaban J connectivity index is 3.68. The van der Waals surface area contributed by atoms with E-state index in [0.717, 1.165) is 0 Å². The molecule has 0 bridgehead atoms. The summed E-state index contributed by atoms with van der Waals surface area (Å²) in [4.78, 5) is 0. The van der Waals surface area contributed by atoms with Gasteiger partial charge in [-0.2, -0.15) is 31.6 Å². The third kappa shape index (κ3) is 2.73. The van der Waals surface area contributed by atoms with Crippen molar-refractivity contribution in [2.24, 2.45) is 5.73 Å². The Morgan fingerprint density at radius 2 is 1.39 bits per heavy atom. The SMILES string of the molecule is N#Cc1cc(C(F)(F)F)c(CN)c(C(F)(F)F)c1. The maximum atomic E-state index is 12.6. The Bertz CT molecular complexity index is 460. The van der Waals surface area contributed by atoms with Crippen molar-refractivity contribution < 1.29 is 26.3 Å². The smallest absolute Gasteiger partial charge is 0.326 e. The van der Waals surface area contributed by atoms with Crippen LogP contribution in [-0.2, 0) is 18.9 Å². The molecule has 2 nitrogen and oxygen atoms in total. The molecule has 0 fully saturated rings. The molecule has 1 rings (SSSR count). The molecule has 0 amide bonds. The number of hydrogen-bond acceptors (Lipinski definition) is 2. The Morgan fingerprint density at radius 3 is 1.61 bits per heavy atom. The number of nitrogens with two attached hydrogens (primary N) is 1. The zero-order chi connectivity index (χ0) is 14.1. The molecule has 0 aliphatic heterocycles. The largest absolute Gasteiger partial charge is 0.416 e. The standard InChI is InChI=1S/C10H6F6N2/c11-9(12,13)7-1-5(3-17)2-8(6(7)4-18)10(14,15)16/h1-2H,4,18H2. The summed E-state index contributed by atoms with van der Waals surface area (Å²) in [5.74, 6) is 0. The van der Waals surface area contributed by atoms with E-state index in [1.165, 1.54) is 6.07 Å². The van der Waals surface area contributed by atoms with Crippen molar-refractivity contribution in [1.82, 2.24) is 0 Å². The highest BCUT2D eigenvalue weighted by Crippen LogP contribution is 2.39. The lowest BCUT2D eigenvalue weighted by Gasteiger charge is -2.18. The molecule has 0 heterocycles. The highest BCUT2D eigenvalue weighted by Gasteiger charge is 2.40. The summed E-state index contributed by atoms with van der Waals surface area (Å²) in [5, 5.41) is 8.47. The van der Waals surface area contributed by atoms with E-state index in [-0.39, 0.29) is 0 Å². The Hall–Kier alpha value is -1.75. The van der Waals surface area contributed by atoms with Crippen LogP contribution in [0.4, 0.5) is 26.3 Å². The summed E-state index contributed by atoms with van der Waals surface area (Å²) in [6.45, 7) is -0.921. The second kappa shape index (κ2) is 4.49. The van der Waals surface area contributed by atoms with E-state index >= 15 is 0 Å². The predicted octanol–water partition coefficient (Wildman–Crippen LogP) is 3.05. The van der Waals surface area contributed by atoms with E-state index in [2.05, 4.69) is 0 Å². The van der Waals surface area contributed by atoms with Gasteiger partial charge in [-0.3, -0.25) is 0 Å². The molecular formula is C10H6F6N2.